The fraction of sp³-hybridized carbons (Fsp3) is 0.708. The van der Waals surface area contributed by atoms with Crippen LogP contribution in [-0.2, 0) is 28.6 Å². The van der Waals surface area contributed by atoms with Crippen LogP contribution < -0.4 is 0 Å². The van der Waals surface area contributed by atoms with E-state index in [-0.39, 0.29) is 53.8 Å². The highest BCUT2D eigenvalue weighted by Crippen LogP contribution is 2.58. The Balaban J connectivity index is 1.96. The maximum atomic E-state index is 12.5. The van der Waals surface area contributed by atoms with Crippen molar-refractivity contribution in [1.29, 1.82) is 0 Å². The van der Waals surface area contributed by atoms with E-state index < -0.39 is 11.5 Å². The zero-order valence-electron chi connectivity index (χ0n) is 18.9. The predicted octanol–water partition coefficient (Wildman–Crippen LogP) is 3.99. The van der Waals surface area contributed by atoms with Crippen molar-refractivity contribution in [2.75, 3.05) is 0 Å². The summed E-state index contributed by atoms with van der Waals surface area (Å²) in [5.74, 6) is -1.18. The maximum Gasteiger partial charge on any atom is 0.334 e. The Bertz CT molecular complexity index is 777. The SMILES string of the molecule is C=C1C(=O)O[C@H]2C[C@@H](C)[C@@H]3[C@@H](OC(=O)C(C)C)C[C@@H](OC(=O)C=C(C)C)[C@@]3(C)C[C@H]12. The normalized spacial score (nSPS) is 37.7. The molecule has 2 saturated carbocycles. The van der Waals surface area contributed by atoms with Gasteiger partial charge in [0.2, 0.25) is 0 Å². The van der Waals surface area contributed by atoms with Crippen LogP contribution >= 0.6 is 0 Å². The molecule has 0 bridgehead atoms. The van der Waals surface area contributed by atoms with Gasteiger partial charge in [-0.1, -0.05) is 39.8 Å². The van der Waals surface area contributed by atoms with Gasteiger partial charge in [0.15, 0.2) is 0 Å². The van der Waals surface area contributed by atoms with Gasteiger partial charge in [-0.25, -0.2) is 9.59 Å². The van der Waals surface area contributed by atoms with E-state index in [1.165, 1.54) is 6.08 Å². The maximum absolute atomic E-state index is 12.5. The molecular weight excluding hydrogens is 384 g/mol. The molecule has 3 aliphatic rings. The van der Waals surface area contributed by atoms with Gasteiger partial charge in [-0.05, 0) is 32.6 Å². The molecule has 0 spiro atoms. The van der Waals surface area contributed by atoms with E-state index in [0.717, 1.165) is 5.57 Å². The first-order valence-electron chi connectivity index (χ1n) is 10.9. The highest BCUT2D eigenvalue weighted by Gasteiger charge is 2.61. The Morgan fingerprint density at radius 2 is 1.90 bits per heavy atom. The van der Waals surface area contributed by atoms with Gasteiger partial charge in [0.05, 0.1) is 5.92 Å². The molecule has 0 unspecified atom stereocenters. The van der Waals surface area contributed by atoms with E-state index in [0.29, 0.717) is 24.8 Å². The Morgan fingerprint density at radius 3 is 2.50 bits per heavy atom. The first-order valence-corrected chi connectivity index (χ1v) is 10.9. The standard InChI is InChI=1S/C24H34O6/c1-12(2)8-20(25)30-19-10-18(29-22(26)13(3)4)21-14(5)9-17-16(11-24(19,21)7)15(6)23(27)28-17/h8,13-14,16-19,21H,6,9-11H2,1-5,7H3/t14-,16-,17+,18+,19-,21-,24-/m1/s1. The summed E-state index contributed by atoms with van der Waals surface area (Å²) in [4.78, 5) is 37.0. The third kappa shape index (κ3) is 4.06. The molecule has 0 aromatic rings. The number of ether oxygens (including phenoxy) is 3. The summed E-state index contributed by atoms with van der Waals surface area (Å²) < 4.78 is 17.4. The Labute approximate surface area is 179 Å². The molecule has 2 aliphatic carbocycles. The van der Waals surface area contributed by atoms with Crippen LogP contribution in [0.15, 0.2) is 23.8 Å². The monoisotopic (exact) mass is 418 g/mol. The number of hydrogen-bond donors (Lipinski definition) is 0. The summed E-state index contributed by atoms with van der Waals surface area (Å²) in [5, 5.41) is 0. The van der Waals surface area contributed by atoms with Crippen molar-refractivity contribution in [1.82, 2.24) is 0 Å². The van der Waals surface area contributed by atoms with Crippen molar-refractivity contribution in [2.24, 2.45) is 29.1 Å². The average molecular weight is 419 g/mol. The molecule has 0 aromatic carbocycles. The first-order chi connectivity index (χ1) is 13.9. The summed E-state index contributed by atoms with van der Waals surface area (Å²) in [7, 11) is 0. The topological polar surface area (TPSA) is 78.9 Å². The molecule has 1 saturated heterocycles. The number of carbonyl (C=O) groups excluding carboxylic acids is 3. The summed E-state index contributed by atoms with van der Waals surface area (Å²) in [6.45, 7) is 15.5. The van der Waals surface area contributed by atoms with E-state index in [4.69, 9.17) is 14.2 Å². The highest BCUT2D eigenvalue weighted by molar-refractivity contribution is 5.90. The molecule has 0 N–H and O–H groups in total. The summed E-state index contributed by atoms with van der Waals surface area (Å²) in [6, 6.07) is 0. The number of rotatable bonds is 4. The number of hydrogen-bond acceptors (Lipinski definition) is 6. The number of fused-ring (bicyclic) bond motifs is 2. The molecule has 0 amide bonds. The van der Waals surface area contributed by atoms with Crippen LogP contribution in [0.2, 0.25) is 0 Å². The van der Waals surface area contributed by atoms with E-state index in [1.54, 1.807) is 0 Å². The van der Waals surface area contributed by atoms with E-state index in [1.807, 2.05) is 27.7 Å². The zero-order chi connectivity index (χ0) is 22.4. The molecule has 3 rings (SSSR count). The molecule has 1 aliphatic heterocycles. The van der Waals surface area contributed by atoms with Gasteiger partial charge < -0.3 is 14.2 Å². The smallest absolute Gasteiger partial charge is 0.334 e. The van der Waals surface area contributed by atoms with Crippen molar-refractivity contribution < 1.29 is 28.6 Å². The lowest BCUT2D eigenvalue weighted by Crippen LogP contribution is -2.40. The van der Waals surface area contributed by atoms with Crippen LogP contribution in [0.5, 0.6) is 0 Å². The quantitative estimate of drug-likeness (QED) is 0.390. The molecule has 3 fully saturated rings. The minimum atomic E-state index is -0.456. The predicted molar refractivity (Wildman–Crippen MR) is 111 cm³/mol. The van der Waals surface area contributed by atoms with Crippen LogP contribution in [0.3, 0.4) is 0 Å². The van der Waals surface area contributed by atoms with Crippen LogP contribution in [0, 0.1) is 29.1 Å². The minimum absolute atomic E-state index is 0.00167. The van der Waals surface area contributed by atoms with Crippen LogP contribution in [0.25, 0.3) is 0 Å². The minimum Gasteiger partial charge on any atom is -0.462 e. The molecule has 6 nitrogen and oxygen atoms in total. The van der Waals surface area contributed by atoms with Crippen molar-refractivity contribution in [3.8, 4) is 0 Å². The third-order valence-electron chi connectivity index (χ3n) is 7.04. The summed E-state index contributed by atoms with van der Waals surface area (Å²) in [6.07, 6.45) is 2.26. The second kappa shape index (κ2) is 8.20. The second-order valence-corrected chi connectivity index (χ2v) is 10.0. The average Bonchev–Trinajstić information content (AvgIpc) is 2.97. The lowest BCUT2D eigenvalue weighted by atomic mass is 9.69. The van der Waals surface area contributed by atoms with E-state index in [9.17, 15) is 14.4 Å². The molecule has 0 radical (unpaired) electrons. The van der Waals surface area contributed by atoms with Crippen LogP contribution in [0.4, 0.5) is 0 Å². The number of esters is 3. The second-order valence-electron chi connectivity index (χ2n) is 10.0. The molecule has 7 atom stereocenters. The van der Waals surface area contributed by atoms with Gasteiger partial charge in [-0.15, -0.1) is 0 Å². The lowest BCUT2D eigenvalue weighted by molar-refractivity contribution is -0.157. The van der Waals surface area contributed by atoms with Crippen LogP contribution in [-0.4, -0.2) is 36.2 Å². The van der Waals surface area contributed by atoms with Crippen molar-refractivity contribution in [2.45, 2.75) is 79.1 Å². The fourth-order valence-corrected chi connectivity index (χ4v) is 5.67. The largest absolute Gasteiger partial charge is 0.462 e. The Hall–Kier alpha value is -2.11. The van der Waals surface area contributed by atoms with Crippen molar-refractivity contribution in [3.05, 3.63) is 23.8 Å². The summed E-state index contributed by atoms with van der Waals surface area (Å²) in [5.41, 5.74) is 0.897. The van der Waals surface area contributed by atoms with Gasteiger partial charge in [-0.2, -0.15) is 0 Å². The van der Waals surface area contributed by atoms with Gasteiger partial charge in [0, 0.05) is 35.3 Å². The third-order valence-corrected chi connectivity index (χ3v) is 7.04. The zero-order valence-corrected chi connectivity index (χ0v) is 18.9. The van der Waals surface area contributed by atoms with Gasteiger partial charge >= 0.3 is 17.9 Å². The molecule has 0 aromatic heterocycles. The Morgan fingerprint density at radius 1 is 1.23 bits per heavy atom. The fourth-order valence-electron chi connectivity index (χ4n) is 5.67. The van der Waals surface area contributed by atoms with Crippen molar-refractivity contribution >= 4 is 17.9 Å². The van der Waals surface area contributed by atoms with Crippen LogP contribution in [0.1, 0.15) is 60.8 Å². The summed E-state index contributed by atoms with van der Waals surface area (Å²) >= 11 is 0. The number of carbonyl (C=O) groups is 3. The first kappa shape index (κ1) is 22.6. The van der Waals surface area contributed by atoms with Gasteiger partial charge in [0.25, 0.3) is 0 Å². The molecule has 1 heterocycles. The molecular formula is C24H34O6. The molecule has 6 heteroatoms. The van der Waals surface area contributed by atoms with E-state index in [2.05, 4.69) is 20.4 Å². The Kier molecular flexibility index (Phi) is 6.17. The van der Waals surface area contributed by atoms with Gasteiger partial charge in [-0.3, -0.25) is 4.79 Å². The molecule has 30 heavy (non-hydrogen) atoms. The van der Waals surface area contributed by atoms with Gasteiger partial charge in [0.1, 0.15) is 18.3 Å². The molecule has 166 valence electrons. The lowest BCUT2D eigenvalue weighted by Gasteiger charge is -2.39. The van der Waals surface area contributed by atoms with Crippen molar-refractivity contribution in [3.63, 3.8) is 0 Å². The number of allylic oxidation sites excluding steroid dienone is 1. The highest BCUT2D eigenvalue weighted by atomic mass is 16.6. The van der Waals surface area contributed by atoms with E-state index >= 15 is 0 Å².